The number of thiazole rings is 1. The van der Waals surface area contributed by atoms with Crippen molar-refractivity contribution in [3.05, 3.63) is 46.1 Å². The Morgan fingerprint density at radius 3 is 2.83 bits per heavy atom. The van der Waals surface area contributed by atoms with Gasteiger partial charge in [-0.25, -0.2) is 4.98 Å². The van der Waals surface area contributed by atoms with Crippen LogP contribution in [0.4, 0.5) is 0 Å². The maximum atomic E-state index is 12.6. The van der Waals surface area contributed by atoms with Crippen molar-refractivity contribution in [1.82, 2.24) is 10.3 Å². The Morgan fingerprint density at radius 2 is 2.07 bits per heavy atom. The number of hydrogen-bond donors (Lipinski definition) is 1. The van der Waals surface area contributed by atoms with Gasteiger partial charge in [-0.15, -0.1) is 11.3 Å². The van der Waals surface area contributed by atoms with Gasteiger partial charge in [0.05, 0.1) is 21.0 Å². The third-order valence-corrected chi connectivity index (χ3v) is 9.27. The van der Waals surface area contributed by atoms with Crippen molar-refractivity contribution in [2.24, 2.45) is 5.92 Å². The van der Waals surface area contributed by atoms with Crippen molar-refractivity contribution in [2.45, 2.75) is 48.2 Å². The second kappa shape index (κ2) is 6.15. The van der Waals surface area contributed by atoms with Crippen molar-refractivity contribution in [2.75, 3.05) is 5.75 Å². The number of carbonyl (C=O) groups excluding carboxylic acids is 1. The van der Waals surface area contributed by atoms with E-state index in [9.17, 15) is 9.00 Å². The van der Waals surface area contributed by atoms with Crippen molar-refractivity contribution in [3.8, 4) is 0 Å². The summed E-state index contributed by atoms with van der Waals surface area (Å²) < 4.78 is 19.0. The summed E-state index contributed by atoms with van der Waals surface area (Å²) in [6.07, 6.45) is 5.00. The maximum Gasteiger partial charge on any atom is 0.287 e. The summed E-state index contributed by atoms with van der Waals surface area (Å²) in [5.41, 5.74) is 0.912. The van der Waals surface area contributed by atoms with E-state index in [-0.39, 0.29) is 22.6 Å². The van der Waals surface area contributed by atoms with Crippen LogP contribution in [0.15, 0.2) is 39.8 Å². The standard InChI is InChI=1S/C21H19ClN2O3S2/c22-13-3-4-14-16(7-13)28-19(23-14)20-9-21(10-20,11-20)24-18(25)15-5-6-17(27-15)29(26)8-12-1-2-12/h3-7,12H,1-2,8-11H2,(H,24,25). The van der Waals surface area contributed by atoms with Gasteiger partial charge in [0, 0.05) is 21.7 Å². The Kier molecular flexibility index (Phi) is 3.84. The molecule has 1 unspecified atom stereocenters. The number of halogens is 1. The van der Waals surface area contributed by atoms with Gasteiger partial charge in [-0.1, -0.05) is 11.6 Å². The van der Waals surface area contributed by atoms with Crippen LogP contribution in [-0.4, -0.2) is 26.4 Å². The SMILES string of the molecule is O=C(NC12CC(c3nc4ccc(Cl)cc4s3)(C1)C2)c1ccc(S(=O)CC2CC2)o1. The molecular formula is C21H19ClN2O3S2. The minimum atomic E-state index is -1.15. The summed E-state index contributed by atoms with van der Waals surface area (Å²) in [5.74, 6) is 1.21. The Labute approximate surface area is 179 Å². The third-order valence-electron chi connectivity index (χ3n) is 6.33. The predicted molar refractivity (Wildman–Crippen MR) is 113 cm³/mol. The molecular weight excluding hydrogens is 428 g/mol. The number of aromatic nitrogens is 1. The second-order valence-electron chi connectivity index (χ2n) is 8.75. The van der Waals surface area contributed by atoms with Crippen LogP contribution < -0.4 is 5.32 Å². The van der Waals surface area contributed by atoms with Crippen LogP contribution in [0, 0.1) is 5.92 Å². The van der Waals surface area contributed by atoms with E-state index in [0.717, 1.165) is 52.4 Å². The Morgan fingerprint density at radius 1 is 1.28 bits per heavy atom. The fraction of sp³-hybridized carbons (Fsp3) is 0.429. The van der Waals surface area contributed by atoms with E-state index in [1.807, 2.05) is 18.2 Å². The second-order valence-corrected chi connectivity index (χ2v) is 11.6. The predicted octanol–water partition coefficient (Wildman–Crippen LogP) is 4.66. The topological polar surface area (TPSA) is 72.2 Å². The zero-order chi connectivity index (χ0) is 19.8. The lowest BCUT2D eigenvalue weighted by molar-refractivity contribution is -0.0811. The van der Waals surface area contributed by atoms with E-state index in [1.165, 1.54) is 0 Å². The summed E-state index contributed by atoms with van der Waals surface area (Å²) in [7, 11) is -1.15. The van der Waals surface area contributed by atoms with E-state index >= 15 is 0 Å². The smallest absolute Gasteiger partial charge is 0.287 e. The van der Waals surface area contributed by atoms with Crippen molar-refractivity contribution < 1.29 is 13.4 Å². The van der Waals surface area contributed by atoms with Crippen LogP contribution >= 0.6 is 22.9 Å². The monoisotopic (exact) mass is 446 g/mol. The average Bonchev–Trinajstić information content (AvgIpc) is 3.15. The van der Waals surface area contributed by atoms with Crippen LogP contribution in [0.25, 0.3) is 10.2 Å². The van der Waals surface area contributed by atoms with Gasteiger partial charge in [0.1, 0.15) is 5.01 Å². The first kappa shape index (κ1) is 18.1. The molecule has 1 N–H and O–H groups in total. The van der Waals surface area contributed by atoms with Crippen molar-refractivity contribution in [1.29, 1.82) is 0 Å². The van der Waals surface area contributed by atoms with E-state index in [4.69, 9.17) is 21.0 Å². The number of furan rings is 1. The molecule has 1 amide bonds. The molecule has 150 valence electrons. The quantitative estimate of drug-likeness (QED) is 0.597. The number of fused-ring (bicyclic) bond motifs is 1. The van der Waals surface area contributed by atoms with Crippen molar-refractivity contribution >= 4 is 49.9 Å². The first-order valence-corrected chi connectivity index (χ1v) is 12.3. The Balaban J connectivity index is 1.12. The molecule has 0 spiro atoms. The lowest BCUT2D eigenvalue weighted by Gasteiger charge is -2.69. The highest BCUT2D eigenvalue weighted by atomic mass is 35.5. The molecule has 7 rings (SSSR count). The molecule has 0 aliphatic heterocycles. The normalized spacial score (nSPS) is 28.6. The molecule has 2 aromatic heterocycles. The van der Waals surface area contributed by atoms with E-state index in [1.54, 1.807) is 23.5 Å². The molecule has 4 saturated carbocycles. The molecule has 29 heavy (non-hydrogen) atoms. The molecule has 0 saturated heterocycles. The van der Waals surface area contributed by atoms with E-state index < -0.39 is 10.8 Å². The lowest BCUT2D eigenvalue weighted by Crippen LogP contribution is -2.76. The fourth-order valence-electron chi connectivity index (χ4n) is 4.72. The molecule has 0 radical (unpaired) electrons. The summed E-state index contributed by atoms with van der Waals surface area (Å²) in [6, 6.07) is 9.09. The molecule has 5 nitrogen and oxygen atoms in total. The number of nitrogens with zero attached hydrogens (tertiary/aromatic N) is 1. The van der Waals surface area contributed by atoms with Gasteiger partial charge in [0.25, 0.3) is 5.91 Å². The molecule has 2 bridgehead atoms. The first-order valence-electron chi connectivity index (χ1n) is 9.81. The molecule has 4 aliphatic carbocycles. The van der Waals surface area contributed by atoms with E-state index in [0.29, 0.717) is 16.8 Å². The van der Waals surface area contributed by atoms with Gasteiger partial charge >= 0.3 is 0 Å². The number of carbonyl (C=O) groups is 1. The van der Waals surface area contributed by atoms with E-state index in [2.05, 4.69) is 5.32 Å². The Hall–Kier alpha value is -1.70. The minimum Gasteiger partial charge on any atom is -0.442 e. The van der Waals surface area contributed by atoms with Crippen molar-refractivity contribution in [3.63, 3.8) is 0 Å². The molecule has 4 aliphatic rings. The molecule has 8 heteroatoms. The maximum absolute atomic E-state index is 12.6. The fourth-order valence-corrected chi connectivity index (χ4v) is 7.47. The summed E-state index contributed by atoms with van der Waals surface area (Å²) in [4.78, 5) is 17.4. The van der Waals surface area contributed by atoms with Crippen LogP contribution in [0.1, 0.15) is 47.7 Å². The van der Waals surface area contributed by atoms with Gasteiger partial charge in [-0.05, 0) is 68.4 Å². The van der Waals surface area contributed by atoms with Crippen LogP contribution in [0.3, 0.4) is 0 Å². The number of benzene rings is 1. The average molecular weight is 447 g/mol. The van der Waals surface area contributed by atoms with Gasteiger partial charge < -0.3 is 9.73 Å². The molecule has 1 aromatic carbocycles. The lowest BCUT2D eigenvalue weighted by atomic mass is 9.39. The van der Waals surface area contributed by atoms with Gasteiger partial charge in [-0.2, -0.15) is 0 Å². The van der Waals surface area contributed by atoms with Crippen LogP contribution in [-0.2, 0) is 16.2 Å². The first-order chi connectivity index (χ1) is 13.9. The molecule has 4 fully saturated rings. The minimum absolute atomic E-state index is 0.0868. The summed E-state index contributed by atoms with van der Waals surface area (Å²) >= 11 is 7.79. The summed E-state index contributed by atoms with van der Waals surface area (Å²) in [6.45, 7) is 0. The molecule has 1 atom stereocenters. The van der Waals surface area contributed by atoms with Crippen LogP contribution in [0.5, 0.6) is 0 Å². The van der Waals surface area contributed by atoms with Gasteiger partial charge in [-0.3, -0.25) is 9.00 Å². The third kappa shape index (κ3) is 2.97. The van der Waals surface area contributed by atoms with Gasteiger partial charge in [0.2, 0.25) is 0 Å². The number of nitrogens with one attached hydrogen (secondary N) is 1. The molecule has 2 heterocycles. The highest BCUT2D eigenvalue weighted by Crippen LogP contribution is 2.68. The number of hydrogen-bond acceptors (Lipinski definition) is 5. The number of amides is 1. The zero-order valence-corrected chi connectivity index (χ0v) is 18.0. The highest BCUT2D eigenvalue weighted by molar-refractivity contribution is 7.84. The number of rotatable bonds is 6. The highest BCUT2D eigenvalue weighted by Gasteiger charge is 2.70. The van der Waals surface area contributed by atoms with Gasteiger partial charge in [0.15, 0.2) is 10.9 Å². The summed E-state index contributed by atoms with van der Waals surface area (Å²) in [5, 5.41) is 5.42. The zero-order valence-electron chi connectivity index (χ0n) is 15.6. The van der Waals surface area contributed by atoms with Crippen LogP contribution in [0.2, 0.25) is 5.02 Å². The largest absolute Gasteiger partial charge is 0.442 e. The molecule has 3 aromatic rings. The Bertz CT molecular complexity index is 1160.